The molecule has 0 aliphatic carbocycles. The normalized spacial score (nSPS) is 35.1. The maximum Gasteiger partial charge on any atom is 0.310 e. The number of ether oxygens (including phenoxy) is 1. The molecule has 172 valence electrons. The van der Waals surface area contributed by atoms with Gasteiger partial charge in [0.2, 0.25) is 5.91 Å². The fourth-order valence-electron chi connectivity index (χ4n) is 6.00. The fraction of sp³-hybridized carbons (Fsp3) is 0.522. The molecule has 3 heterocycles. The molecule has 3 aliphatic heterocycles. The third kappa shape index (κ3) is 2.93. The lowest BCUT2D eigenvalue weighted by atomic mass is 9.62. The molecule has 3 unspecified atom stereocenters. The van der Waals surface area contributed by atoms with Crippen LogP contribution < -0.4 is 4.90 Å². The predicted molar refractivity (Wildman–Crippen MR) is 117 cm³/mol. The lowest BCUT2D eigenvalue weighted by Crippen LogP contribution is -2.57. The summed E-state index contributed by atoms with van der Waals surface area (Å²) < 4.78 is 6.40. The number of aliphatic hydroxyl groups excluding tert-OH is 1. The van der Waals surface area contributed by atoms with E-state index in [1.165, 1.54) is 9.80 Å². The van der Waals surface area contributed by atoms with E-state index in [2.05, 4.69) is 6.58 Å². The maximum atomic E-state index is 14.0. The Hall–Kier alpha value is -2.42. The number of carboxylic acid groups (broad SMARTS) is 1. The second-order valence-corrected chi connectivity index (χ2v) is 9.39. The first-order valence-corrected chi connectivity index (χ1v) is 11.0. The predicted octanol–water partition coefficient (Wildman–Crippen LogP) is 1.95. The largest absolute Gasteiger partial charge is 0.481 e. The number of benzene rings is 1. The number of carboxylic acids is 1. The number of fused-ring (bicyclic) bond motifs is 1. The molecule has 2 N–H and O–H groups in total. The average molecular weight is 463 g/mol. The van der Waals surface area contributed by atoms with Gasteiger partial charge in [0.15, 0.2) is 0 Å². The van der Waals surface area contributed by atoms with Gasteiger partial charge in [0, 0.05) is 13.1 Å². The monoisotopic (exact) mass is 462 g/mol. The molecule has 1 aromatic carbocycles. The Balaban J connectivity index is 1.85. The van der Waals surface area contributed by atoms with Crippen molar-refractivity contribution in [2.75, 3.05) is 24.6 Å². The molecule has 0 saturated carbocycles. The molecular weight excluding hydrogens is 436 g/mol. The molecule has 2 bridgehead atoms. The lowest BCUT2D eigenvalue weighted by molar-refractivity contribution is -0.156. The number of β-amino-alcohol motifs (C(OH)–C–C–N with tert-alkyl or cyclic N) is 1. The van der Waals surface area contributed by atoms with Crippen LogP contribution in [0.2, 0.25) is 5.02 Å². The van der Waals surface area contributed by atoms with Gasteiger partial charge in [-0.3, -0.25) is 14.4 Å². The third-order valence-electron chi connectivity index (χ3n) is 7.38. The van der Waals surface area contributed by atoms with Crippen molar-refractivity contribution in [2.45, 2.75) is 37.5 Å². The molecule has 2 amide bonds. The van der Waals surface area contributed by atoms with Crippen molar-refractivity contribution in [1.29, 1.82) is 0 Å². The maximum absolute atomic E-state index is 14.0. The molecular formula is C23H27ClN2O6. The zero-order chi connectivity index (χ0) is 23.4. The van der Waals surface area contributed by atoms with Crippen molar-refractivity contribution in [3.63, 3.8) is 0 Å². The molecule has 6 atom stereocenters. The number of aliphatic hydroxyl groups is 1. The summed E-state index contributed by atoms with van der Waals surface area (Å²) in [6.07, 6.45) is 1.92. The van der Waals surface area contributed by atoms with Crippen molar-refractivity contribution in [1.82, 2.24) is 4.90 Å². The molecule has 0 radical (unpaired) electrons. The number of amides is 2. The SMILES string of the molecule is C=CCN(C(=O)C1N(CCO)C(=O)[C@@H]2[C@@H](C(=O)O)[C@]3(C)OC12CC3C)c1ccccc1Cl. The summed E-state index contributed by atoms with van der Waals surface area (Å²) in [5.74, 6) is -4.29. The van der Waals surface area contributed by atoms with E-state index in [4.69, 9.17) is 16.3 Å². The number of hydrogen-bond acceptors (Lipinski definition) is 5. The van der Waals surface area contributed by atoms with Gasteiger partial charge in [-0.2, -0.15) is 0 Å². The van der Waals surface area contributed by atoms with Gasteiger partial charge in [-0.15, -0.1) is 6.58 Å². The first-order chi connectivity index (χ1) is 15.1. The van der Waals surface area contributed by atoms with Crippen LogP contribution in [0.3, 0.4) is 0 Å². The number of para-hydroxylation sites is 1. The van der Waals surface area contributed by atoms with E-state index in [-0.39, 0.29) is 25.6 Å². The van der Waals surface area contributed by atoms with Gasteiger partial charge < -0.3 is 24.7 Å². The van der Waals surface area contributed by atoms with Gasteiger partial charge in [-0.25, -0.2) is 0 Å². The van der Waals surface area contributed by atoms with Crippen molar-refractivity contribution in [2.24, 2.45) is 17.8 Å². The van der Waals surface area contributed by atoms with Crippen LogP contribution in [0.5, 0.6) is 0 Å². The summed E-state index contributed by atoms with van der Waals surface area (Å²) >= 11 is 6.37. The number of aliphatic carboxylic acids is 1. The molecule has 3 saturated heterocycles. The lowest BCUT2D eigenvalue weighted by Gasteiger charge is -2.37. The highest BCUT2D eigenvalue weighted by molar-refractivity contribution is 6.34. The average Bonchev–Trinajstić information content (AvgIpc) is 3.24. The van der Waals surface area contributed by atoms with Gasteiger partial charge in [0.05, 0.1) is 28.8 Å². The van der Waals surface area contributed by atoms with Crippen LogP contribution in [0.1, 0.15) is 20.3 Å². The molecule has 9 heteroatoms. The summed E-state index contributed by atoms with van der Waals surface area (Å²) in [5.41, 5.74) is -1.90. The summed E-state index contributed by atoms with van der Waals surface area (Å²) in [6.45, 7) is 7.01. The highest BCUT2D eigenvalue weighted by Gasteiger charge is 2.80. The Morgan fingerprint density at radius 3 is 2.69 bits per heavy atom. The minimum Gasteiger partial charge on any atom is -0.481 e. The van der Waals surface area contributed by atoms with Crippen molar-refractivity contribution in [3.05, 3.63) is 41.9 Å². The number of nitrogens with zero attached hydrogens (tertiary/aromatic N) is 2. The van der Waals surface area contributed by atoms with Gasteiger partial charge in [-0.05, 0) is 31.4 Å². The molecule has 32 heavy (non-hydrogen) atoms. The van der Waals surface area contributed by atoms with Crippen molar-refractivity contribution in [3.8, 4) is 0 Å². The Bertz CT molecular complexity index is 985. The van der Waals surface area contributed by atoms with Gasteiger partial charge >= 0.3 is 5.97 Å². The molecule has 1 aromatic rings. The summed E-state index contributed by atoms with van der Waals surface area (Å²) in [7, 11) is 0. The van der Waals surface area contributed by atoms with Crippen LogP contribution in [0.15, 0.2) is 36.9 Å². The smallest absolute Gasteiger partial charge is 0.310 e. The summed E-state index contributed by atoms with van der Waals surface area (Å²) in [6, 6.07) is 5.77. The number of likely N-dealkylation sites (tertiary alicyclic amines) is 1. The Labute approximate surface area is 191 Å². The number of carbonyl (C=O) groups is 3. The van der Waals surface area contributed by atoms with Crippen LogP contribution in [0.25, 0.3) is 0 Å². The van der Waals surface area contributed by atoms with Crippen LogP contribution in [-0.4, -0.2) is 69.8 Å². The standard InChI is InChI=1S/C23H27ClN2O6/c1-4-9-25(15-8-6-5-7-14(15)24)20(29)18-23-12-13(2)22(3,32-23)17(21(30)31)16(23)19(28)26(18)10-11-27/h4-8,13,16-18,27H,1,9-12H2,2-3H3,(H,30,31)/t13?,16-,17-,18?,22+,23?/m0/s1. The highest BCUT2D eigenvalue weighted by atomic mass is 35.5. The zero-order valence-corrected chi connectivity index (χ0v) is 18.8. The van der Waals surface area contributed by atoms with Crippen molar-refractivity contribution >= 4 is 35.1 Å². The first kappa shape index (κ1) is 22.8. The molecule has 0 aromatic heterocycles. The van der Waals surface area contributed by atoms with E-state index in [0.717, 1.165) is 0 Å². The number of halogens is 1. The van der Waals surface area contributed by atoms with Crippen molar-refractivity contribution < 1.29 is 29.3 Å². The molecule has 8 nitrogen and oxygen atoms in total. The molecule has 4 rings (SSSR count). The Morgan fingerprint density at radius 1 is 1.41 bits per heavy atom. The number of hydrogen-bond donors (Lipinski definition) is 2. The minimum absolute atomic E-state index is 0.0985. The van der Waals surface area contributed by atoms with Crippen LogP contribution in [0, 0.1) is 17.8 Å². The van der Waals surface area contributed by atoms with E-state index < -0.39 is 46.9 Å². The molecule has 3 aliphatic rings. The number of rotatable bonds is 7. The summed E-state index contributed by atoms with van der Waals surface area (Å²) in [5, 5.41) is 20.0. The minimum atomic E-state index is -1.29. The van der Waals surface area contributed by atoms with Gasteiger partial charge in [0.25, 0.3) is 5.91 Å². The van der Waals surface area contributed by atoms with E-state index in [1.54, 1.807) is 37.3 Å². The number of anilines is 1. The second kappa shape index (κ2) is 7.86. The van der Waals surface area contributed by atoms with Gasteiger partial charge in [0.1, 0.15) is 17.6 Å². The Morgan fingerprint density at radius 2 is 2.09 bits per heavy atom. The third-order valence-corrected chi connectivity index (χ3v) is 7.70. The van der Waals surface area contributed by atoms with E-state index >= 15 is 0 Å². The van der Waals surface area contributed by atoms with Gasteiger partial charge in [-0.1, -0.05) is 36.7 Å². The van der Waals surface area contributed by atoms with Crippen LogP contribution >= 0.6 is 11.6 Å². The topological polar surface area (TPSA) is 107 Å². The highest BCUT2D eigenvalue weighted by Crippen LogP contribution is 2.65. The zero-order valence-electron chi connectivity index (χ0n) is 18.0. The van der Waals surface area contributed by atoms with E-state index in [1.807, 2.05) is 6.92 Å². The number of carbonyl (C=O) groups excluding carboxylic acids is 2. The van der Waals surface area contributed by atoms with Crippen LogP contribution in [0.4, 0.5) is 5.69 Å². The second-order valence-electron chi connectivity index (χ2n) is 8.99. The summed E-state index contributed by atoms with van der Waals surface area (Å²) in [4.78, 5) is 42.5. The van der Waals surface area contributed by atoms with Crippen LogP contribution in [-0.2, 0) is 19.1 Å². The van der Waals surface area contributed by atoms with E-state index in [9.17, 15) is 24.6 Å². The molecule has 1 spiro atoms. The van der Waals surface area contributed by atoms with E-state index in [0.29, 0.717) is 17.1 Å². The Kier molecular flexibility index (Phi) is 5.59. The quantitative estimate of drug-likeness (QED) is 0.600. The first-order valence-electron chi connectivity index (χ1n) is 10.6. The molecule has 3 fully saturated rings. The fourth-order valence-corrected chi connectivity index (χ4v) is 6.23.